The van der Waals surface area contributed by atoms with Crippen molar-refractivity contribution in [2.45, 2.75) is 39.3 Å². The third kappa shape index (κ3) is 3.39. The molecule has 2 atom stereocenters. The number of benzene rings is 1. The summed E-state index contributed by atoms with van der Waals surface area (Å²) in [5.74, 6) is 0.137. The molecule has 0 fully saturated rings. The van der Waals surface area contributed by atoms with E-state index in [1.54, 1.807) is 18.7 Å². The van der Waals surface area contributed by atoms with E-state index in [4.69, 9.17) is 15.2 Å². The van der Waals surface area contributed by atoms with Crippen LogP contribution in [-0.4, -0.2) is 31.1 Å². The first-order valence-electron chi connectivity index (χ1n) is 7.47. The molecule has 2 rings (SSSR count). The normalized spacial score (nSPS) is 18.5. The highest BCUT2D eigenvalue weighted by atomic mass is 16.5. The molecule has 0 spiro atoms. The largest absolute Gasteiger partial charge is 0.479 e. The number of esters is 1. The van der Waals surface area contributed by atoms with Crippen molar-refractivity contribution in [3.63, 3.8) is 0 Å². The fourth-order valence-corrected chi connectivity index (χ4v) is 2.37. The van der Waals surface area contributed by atoms with Gasteiger partial charge in [-0.3, -0.25) is 9.59 Å². The number of amides is 1. The molecule has 0 saturated heterocycles. The molecule has 1 aliphatic heterocycles. The highest BCUT2D eigenvalue weighted by Gasteiger charge is 2.32. The number of carbonyl (C=O) groups excluding carboxylic acids is 2. The zero-order valence-corrected chi connectivity index (χ0v) is 13.2. The van der Waals surface area contributed by atoms with E-state index in [1.807, 2.05) is 25.1 Å². The highest BCUT2D eigenvalue weighted by Crippen LogP contribution is 2.36. The molecule has 22 heavy (non-hydrogen) atoms. The number of fused-ring (bicyclic) bond motifs is 1. The predicted octanol–water partition coefficient (Wildman–Crippen LogP) is 1.77. The maximum absolute atomic E-state index is 12.4. The van der Waals surface area contributed by atoms with Gasteiger partial charge < -0.3 is 20.1 Å². The molecule has 1 heterocycles. The van der Waals surface area contributed by atoms with E-state index in [0.717, 1.165) is 5.56 Å². The summed E-state index contributed by atoms with van der Waals surface area (Å²) in [4.78, 5) is 25.5. The van der Waals surface area contributed by atoms with Crippen molar-refractivity contribution in [1.82, 2.24) is 0 Å². The number of rotatable bonds is 5. The smallest absolute Gasteiger partial charge is 0.307 e. The predicted molar refractivity (Wildman–Crippen MR) is 82.7 cm³/mol. The highest BCUT2D eigenvalue weighted by molar-refractivity contribution is 6.00. The van der Waals surface area contributed by atoms with Crippen LogP contribution in [0.5, 0.6) is 5.75 Å². The van der Waals surface area contributed by atoms with Crippen LogP contribution in [0.1, 0.15) is 38.8 Å². The lowest BCUT2D eigenvalue weighted by Gasteiger charge is -2.33. The fraction of sp³-hybridized carbons (Fsp3) is 0.500. The van der Waals surface area contributed by atoms with E-state index >= 15 is 0 Å². The molecule has 6 nitrogen and oxygen atoms in total. The van der Waals surface area contributed by atoms with Crippen LogP contribution in [0.25, 0.3) is 0 Å². The number of ether oxygens (including phenoxy) is 2. The number of nitrogens with zero attached hydrogens (tertiary/aromatic N) is 1. The third-order valence-corrected chi connectivity index (χ3v) is 3.56. The van der Waals surface area contributed by atoms with Crippen molar-refractivity contribution in [3.05, 3.63) is 23.8 Å². The van der Waals surface area contributed by atoms with Crippen molar-refractivity contribution < 1.29 is 19.1 Å². The lowest BCUT2D eigenvalue weighted by Crippen LogP contribution is -2.45. The van der Waals surface area contributed by atoms with Crippen molar-refractivity contribution >= 4 is 17.6 Å². The number of anilines is 1. The summed E-state index contributed by atoms with van der Waals surface area (Å²) in [6.07, 6.45) is -0.426. The van der Waals surface area contributed by atoms with Gasteiger partial charge in [-0.15, -0.1) is 0 Å². The van der Waals surface area contributed by atoms with Crippen molar-refractivity contribution in [2.75, 3.05) is 18.1 Å². The maximum Gasteiger partial charge on any atom is 0.307 e. The molecular weight excluding hydrogens is 284 g/mol. The Morgan fingerprint density at radius 3 is 2.86 bits per heavy atom. The Bertz CT molecular complexity index is 571. The van der Waals surface area contributed by atoms with Crippen molar-refractivity contribution in [1.29, 1.82) is 0 Å². The minimum atomic E-state index is -0.573. The Morgan fingerprint density at radius 2 is 2.23 bits per heavy atom. The second kappa shape index (κ2) is 6.79. The summed E-state index contributed by atoms with van der Waals surface area (Å²) < 4.78 is 10.5. The molecule has 1 aromatic carbocycles. The van der Waals surface area contributed by atoms with Crippen LogP contribution >= 0.6 is 0 Å². The Balaban J connectivity index is 2.26. The van der Waals surface area contributed by atoms with E-state index < -0.39 is 6.10 Å². The summed E-state index contributed by atoms with van der Waals surface area (Å²) in [5, 5.41) is 0. The van der Waals surface area contributed by atoms with E-state index in [-0.39, 0.29) is 30.9 Å². The van der Waals surface area contributed by atoms with Crippen LogP contribution in [0.3, 0.4) is 0 Å². The van der Waals surface area contributed by atoms with Gasteiger partial charge in [-0.05, 0) is 38.5 Å². The molecule has 0 aromatic heterocycles. The zero-order chi connectivity index (χ0) is 16.3. The van der Waals surface area contributed by atoms with Crippen molar-refractivity contribution in [2.24, 2.45) is 5.73 Å². The molecule has 1 aromatic rings. The molecule has 2 N–H and O–H groups in total. The Labute approximate surface area is 130 Å². The minimum absolute atomic E-state index is 0.147. The van der Waals surface area contributed by atoms with Crippen LogP contribution in [0.4, 0.5) is 5.69 Å². The van der Waals surface area contributed by atoms with Crippen LogP contribution in [0.2, 0.25) is 0 Å². The van der Waals surface area contributed by atoms with Crippen LogP contribution < -0.4 is 15.4 Å². The number of hydrogen-bond acceptors (Lipinski definition) is 5. The molecule has 0 aliphatic carbocycles. The van der Waals surface area contributed by atoms with Crippen LogP contribution in [0, 0.1) is 0 Å². The number of carbonyl (C=O) groups is 2. The van der Waals surface area contributed by atoms with Crippen molar-refractivity contribution in [3.8, 4) is 5.75 Å². The second-order valence-corrected chi connectivity index (χ2v) is 5.32. The lowest BCUT2D eigenvalue weighted by atomic mass is 10.1. The zero-order valence-electron chi connectivity index (χ0n) is 13.2. The molecule has 1 amide bonds. The first kappa shape index (κ1) is 16.3. The van der Waals surface area contributed by atoms with Gasteiger partial charge in [-0.25, -0.2) is 0 Å². The van der Waals surface area contributed by atoms with Crippen LogP contribution in [0.15, 0.2) is 18.2 Å². The summed E-state index contributed by atoms with van der Waals surface area (Å²) in [6.45, 7) is 5.92. The van der Waals surface area contributed by atoms with E-state index in [2.05, 4.69) is 0 Å². The van der Waals surface area contributed by atoms with Gasteiger partial charge in [0.1, 0.15) is 5.75 Å². The monoisotopic (exact) mass is 306 g/mol. The summed E-state index contributed by atoms with van der Waals surface area (Å²) in [6, 6.07) is 5.39. The SMILES string of the molecule is CCOC(=O)CCN1C(=O)C(C)Oc2ccc(C(C)N)cc21. The Morgan fingerprint density at radius 1 is 1.50 bits per heavy atom. The van der Waals surface area contributed by atoms with Gasteiger partial charge in [0.05, 0.1) is 18.7 Å². The fourth-order valence-electron chi connectivity index (χ4n) is 2.37. The molecule has 120 valence electrons. The number of hydrogen-bond donors (Lipinski definition) is 1. The number of nitrogens with two attached hydrogens (primary N) is 1. The minimum Gasteiger partial charge on any atom is -0.479 e. The molecule has 0 saturated carbocycles. The van der Waals surface area contributed by atoms with Gasteiger partial charge in [0.25, 0.3) is 5.91 Å². The van der Waals surface area contributed by atoms with Gasteiger partial charge in [-0.2, -0.15) is 0 Å². The Hall–Kier alpha value is -2.08. The Kier molecular flexibility index (Phi) is 5.03. The summed E-state index contributed by atoms with van der Waals surface area (Å²) >= 11 is 0. The first-order chi connectivity index (χ1) is 10.4. The topological polar surface area (TPSA) is 81.9 Å². The van der Waals surface area contributed by atoms with Gasteiger partial charge in [0, 0.05) is 12.6 Å². The lowest BCUT2D eigenvalue weighted by molar-refractivity contribution is -0.142. The standard InChI is InChI=1S/C16H22N2O4/c1-4-21-15(19)7-8-18-13-9-12(10(2)17)5-6-14(13)22-11(3)16(18)20/h5-6,9-11H,4,7-8,17H2,1-3H3. The average Bonchev–Trinajstić information content (AvgIpc) is 2.47. The third-order valence-electron chi connectivity index (χ3n) is 3.56. The molecular formula is C16H22N2O4. The second-order valence-electron chi connectivity index (χ2n) is 5.32. The summed E-state index contributed by atoms with van der Waals surface area (Å²) in [7, 11) is 0. The van der Waals surface area contributed by atoms with E-state index in [1.165, 1.54) is 0 Å². The molecule has 2 unspecified atom stereocenters. The molecule has 0 radical (unpaired) electrons. The van der Waals surface area contributed by atoms with Gasteiger partial charge in [0.15, 0.2) is 6.10 Å². The molecule has 0 bridgehead atoms. The first-order valence-corrected chi connectivity index (χ1v) is 7.47. The van der Waals surface area contributed by atoms with Gasteiger partial charge >= 0.3 is 5.97 Å². The van der Waals surface area contributed by atoms with E-state index in [9.17, 15) is 9.59 Å². The maximum atomic E-state index is 12.4. The van der Waals surface area contributed by atoms with Gasteiger partial charge in [-0.1, -0.05) is 6.07 Å². The van der Waals surface area contributed by atoms with E-state index in [0.29, 0.717) is 18.0 Å². The van der Waals surface area contributed by atoms with Gasteiger partial charge in [0.2, 0.25) is 0 Å². The molecule has 1 aliphatic rings. The molecule has 6 heteroatoms. The average molecular weight is 306 g/mol. The quantitative estimate of drug-likeness (QED) is 0.838. The van der Waals surface area contributed by atoms with Crippen LogP contribution in [-0.2, 0) is 14.3 Å². The summed E-state index contributed by atoms with van der Waals surface area (Å²) in [5.41, 5.74) is 7.46.